The van der Waals surface area contributed by atoms with Crippen molar-refractivity contribution in [2.45, 2.75) is 51.9 Å². The maximum absolute atomic E-state index is 14.1. The first-order chi connectivity index (χ1) is 16.0. The molecule has 1 aliphatic heterocycles. The molecule has 12 heteroatoms. The van der Waals surface area contributed by atoms with Gasteiger partial charge in [-0.2, -0.15) is 13.2 Å². The zero-order valence-electron chi connectivity index (χ0n) is 18.3. The number of fused-ring (bicyclic) bond motifs is 1. The number of imidazole rings is 1. The van der Waals surface area contributed by atoms with Gasteiger partial charge in [-0.1, -0.05) is 6.92 Å². The van der Waals surface area contributed by atoms with Crippen molar-refractivity contribution in [3.63, 3.8) is 0 Å². The van der Waals surface area contributed by atoms with Crippen molar-refractivity contribution in [2.75, 3.05) is 5.32 Å². The number of alkyl halides is 3. The highest BCUT2D eigenvalue weighted by Crippen LogP contribution is 2.26. The third kappa shape index (κ3) is 6.27. The Kier molecular flexibility index (Phi) is 7.48. The fourth-order valence-electron chi connectivity index (χ4n) is 3.46. The van der Waals surface area contributed by atoms with Gasteiger partial charge in [0, 0.05) is 55.0 Å². The van der Waals surface area contributed by atoms with Crippen LogP contribution in [-0.2, 0) is 24.2 Å². The summed E-state index contributed by atoms with van der Waals surface area (Å²) in [7, 11) is 0. The molecule has 1 unspecified atom stereocenters. The van der Waals surface area contributed by atoms with Gasteiger partial charge >= 0.3 is 12.1 Å². The van der Waals surface area contributed by atoms with E-state index in [9.17, 15) is 22.0 Å². The number of aliphatic carboxylic acids is 1. The van der Waals surface area contributed by atoms with Gasteiger partial charge in [0.05, 0.1) is 5.69 Å². The Morgan fingerprint density at radius 1 is 1.21 bits per heavy atom. The molecule has 4 rings (SSSR count). The number of carboxylic acids is 1. The SMILES string of the molecule is CCc1nc(C)cc(NC2CCc3nc(-c4ccc(F)cc4F)cn3C2)n1.O=C(O)C(F)(F)F. The summed E-state index contributed by atoms with van der Waals surface area (Å²) in [6, 6.07) is 5.73. The summed E-state index contributed by atoms with van der Waals surface area (Å²) < 4.78 is 61.0. The number of aromatic nitrogens is 4. The molecule has 0 bridgehead atoms. The maximum Gasteiger partial charge on any atom is 0.490 e. The van der Waals surface area contributed by atoms with Crippen LogP contribution in [0.25, 0.3) is 11.3 Å². The molecule has 0 saturated carbocycles. The lowest BCUT2D eigenvalue weighted by molar-refractivity contribution is -0.192. The van der Waals surface area contributed by atoms with Crippen LogP contribution in [0.5, 0.6) is 0 Å². The van der Waals surface area contributed by atoms with E-state index in [2.05, 4.69) is 20.3 Å². The average Bonchev–Trinajstić information content (AvgIpc) is 3.16. The number of carboxylic acid groups (broad SMARTS) is 1. The van der Waals surface area contributed by atoms with Gasteiger partial charge in [0.25, 0.3) is 0 Å². The number of nitrogens with one attached hydrogen (secondary N) is 1. The summed E-state index contributed by atoms with van der Waals surface area (Å²) >= 11 is 0. The summed E-state index contributed by atoms with van der Waals surface area (Å²) in [5.74, 6) is -1.37. The quantitative estimate of drug-likeness (QED) is 0.529. The Balaban J connectivity index is 0.000000406. The molecule has 2 aromatic heterocycles. The van der Waals surface area contributed by atoms with Crippen LogP contribution in [0.15, 0.2) is 30.5 Å². The van der Waals surface area contributed by atoms with Crippen molar-refractivity contribution in [3.05, 3.63) is 59.4 Å². The van der Waals surface area contributed by atoms with E-state index in [1.807, 2.05) is 30.7 Å². The van der Waals surface area contributed by atoms with Crippen LogP contribution in [0.1, 0.15) is 30.7 Å². The molecule has 0 fully saturated rings. The molecule has 0 aliphatic carbocycles. The molecule has 7 nitrogen and oxygen atoms in total. The lowest BCUT2D eigenvalue weighted by atomic mass is 10.1. The van der Waals surface area contributed by atoms with E-state index in [4.69, 9.17) is 9.90 Å². The van der Waals surface area contributed by atoms with Gasteiger partial charge in [-0.05, 0) is 25.5 Å². The topological polar surface area (TPSA) is 92.9 Å². The Hall–Kier alpha value is -3.57. The molecule has 2 N–H and O–H groups in total. The monoisotopic (exact) mass is 483 g/mol. The molecule has 0 amide bonds. The zero-order chi connectivity index (χ0) is 25.0. The normalized spacial score (nSPS) is 15.2. The first kappa shape index (κ1) is 25.1. The van der Waals surface area contributed by atoms with E-state index in [-0.39, 0.29) is 6.04 Å². The Morgan fingerprint density at radius 2 is 1.91 bits per heavy atom. The molecule has 182 valence electrons. The predicted molar refractivity (Wildman–Crippen MR) is 113 cm³/mol. The summed E-state index contributed by atoms with van der Waals surface area (Å²) in [5, 5.41) is 10.6. The van der Waals surface area contributed by atoms with Gasteiger partial charge in [0.1, 0.15) is 29.1 Å². The smallest absolute Gasteiger partial charge is 0.475 e. The Bertz CT molecular complexity index is 1180. The fraction of sp³-hybridized carbons (Fsp3) is 0.364. The van der Waals surface area contributed by atoms with E-state index < -0.39 is 23.8 Å². The second-order valence-electron chi connectivity index (χ2n) is 7.67. The van der Waals surface area contributed by atoms with Gasteiger partial charge in [-0.3, -0.25) is 0 Å². The highest BCUT2D eigenvalue weighted by molar-refractivity contribution is 5.73. The molecule has 0 saturated heterocycles. The summed E-state index contributed by atoms with van der Waals surface area (Å²) in [6.07, 6.45) is -0.764. The third-order valence-corrected chi connectivity index (χ3v) is 5.01. The Labute approximate surface area is 191 Å². The lowest BCUT2D eigenvalue weighted by Gasteiger charge is -2.25. The summed E-state index contributed by atoms with van der Waals surface area (Å²) in [4.78, 5) is 22.4. The number of hydrogen-bond acceptors (Lipinski definition) is 5. The number of halogens is 5. The van der Waals surface area contributed by atoms with E-state index >= 15 is 0 Å². The van der Waals surface area contributed by atoms with Crippen molar-refractivity contribution in [3.8, 4) is 11.3 Å². The molecule has 3 aromatic rings. The number of rotatable bonds is 4. The minimum atomic E-state index is -5.08. The van der Waals surface area contributed by atoms with Crippen LogP contribution in [0.4, 0.5) is 27.8 Å². The van der Waals surface area contributed by atoms with Gasteiger partial charge < -0.3 is 15.0 Å². The summed E-state index contributed by atoms with van der Waals surface area (Å²) in [6.45, 7) is 4.72. The van der Waals surface area contributed by atoms with E-state index in [0.717, 1.165) is 55.0 Å². The molecule has 0 spiro atoms. The van der Waals surface area contributed by atoms with Crippen molar-refractivity contribution in [2.24, 2.45) is 0 Å². The highest BCUT2D eigenvalue weighted by atomic mass is 19.4. The molecule has 34 heavy (non-hydrogen) atoms. The number of aryl methyl sites for hydroxylation is 3. The van der Waals surface area contributed by atoms with Gasteiger partial charge in [0.15, 0.2) is 0 Å². The second kappa shape index (κ2) is 10.1. The zero-order valence-corrected chi connectivity index (χ0v) is 18.3. The van der Waals surface area contributed by atoms with Crippen molar-refractivity contribution in [1.29, 1.82) is 0 Å². The van der Waals surface area contributed by atoms with E-state index in [0.29, 0.717) is 11.3 Å². The van der Waals surface area contributed by atoms with E-state index in [1.54, 1.807) is 0 Å². The first-order valence-corrected chi connectivity index (χ1v) is 10.4. The minimum absolute atomic E-state index is 0.205. The third-order valence-electron chi connectivity index (χ3n) is 5.01. The standard InChI is InChI=1S/C20H21F2N5.C2HF3O2/c1-3-18-23-12(2)8-19(26-18)24-14-5-7-20-25-17(11-27(20)10-14)15-6-4-13(21)9-16(15)22;3-2(4,5)1(6)7/h4,6,8-9,11,14H,3,5,7,10H2,1-2H3,(H,23,24,26);(H,6,7). The largest absolute Gasteiger partial charge is 0.490 e. The lowest BCUT2D eigenvalue weighted by Crippen LogP contribution is -2.31. The van der Waals surface area contributed by atoms with Crippen LogP contribution in [0, 0.1) is 18.6 Å². The van der Waals surface area contributed by atoms with Crippen LogP contribution >= 0.6 is 0 Å². The van der Waals surface area contributed by atoms with Gasteiger partial charge in [-0.25, -0.2) is 28.5 Å². The maximum atomic E-state index is 14.1. The number of carbonyl (C=O) groups is 1. The van der Waals surface area contributed by atoms with Crippen molar-refractivity contribution in [1.82, 2.24) is 19.5 Å². The van der Waals surface area contributed by atoms with Gasteiger partial charge in [0.2, 0.25) is 0 Å². The molecule has 1 aliphatic rings. The first-order valence-electron chi connectivity index (χ1n) is 10.4. The molecule has 1 atom stereocenters. The molecule has 1 aromatic carbocycles. The number of hydrogen-bond donors (Lipinski definition) is 2. The van der Waals surface area contributed by atoms with E-state index in [1.165, 1.54) is 12.1 Å². The minimum Gasteiger partial charge on any atom is -0.475 e. The summed E-state index contributed by atoms with van der Waals surface area (Å²) in [5.41, 5.74) is 1.80. The van der Waals surface area contributed by atoms with Crippen LogP contribution in [0.2, 0.25) is 0 Å². The van der Waals surface area contributed by atoms with Crippen LogP contribution < -0.4 is 5.32 Å². The van der Waals surface area contributed by atoms with Crippen molar-refractivity contribution < 1.29 is 31.9 Å². The van der Waals surface area contributed by atoms with Crippen LogP contribution in [-0.4, -0.2) is 42.8 Å². The molecule has 0 radical (unpaired) electrons. The number of nitrogens with zero attached hydrogens (tertiary/aromatic N) is 4. The number of anilines is 1. The number of benzene rings is 1. The average molecular weight is 483 g/mol. The highest BCUT2D eigenvalue weighted by Gasteiger charge is 2.38. The molecule has 3 heterocycles. The second-order valence-corrected chi connectivity index (χ2v) is 7.67. The predicted octanol–water partition coefficient (Wildman–Crippen LogP) is 4.55. The fourth-order valence-corrected chi connectivity index (χ4v) is 3.46. The van der Waals surface area contributed by atoms with Crippen LogP contribution in [0.3, 0.4) is 0 Å². The molecular weight excluding hydrogens is 461 g/mol. The van der Waals surface area contributed by atoms with Crippen molar-refractivity contribution >= 4 is 11.8 Å². The van der Waals surface area contributed by atoms with Gasteiger partial charge in [-0.15, -0.1) is 0 Å². The Morgan fingerprint density at radius 3 is 2.53 bits per heavy atom. The molecular formula is C22H22F5N5O2.